The molecule has 0 radical (unpaired) electrons. The molecule has 0 bridgehead atoms. The second kappa shape index (κ2) is 4.15. The van der Waals surface area contributed by atoms with Crippen LogP contribution in [0.5, 0.6) is 0 Å². The van der Waals surface area contributed by atoms with Crippen molar-refractivity contribution >= 4 is 21.2 Å². The summed E-state index contributed by atoms with van der Waals surface area (Å²) in [4.78, 5) is 0. The number of hydrogen-bond acceptors (Lipinski definition) is 3. The van der Waals surface area contributed by atoms with Gasteiger partial charge in [0.25, 0.3) is 10.1 Å². The van der Waals surface area contributed by atoms with Crippen LogP contribution in [0.2, 0.25) is 0 Å². The average molecular weight is 202 g/mol. The Morgan fingerprint density at radius 3 is 2.27 bits per heavy atom. The standard InChI is InChI=1S/C4H10O5S2/c1-4(11(7,8)9)2-3-10(5)6/h4H,2-3H2,1H3,(H,5,6)(H,7,8,9). The van der Waals surface area contributed by atoms with E-state index in [1.54, 1.807) is 0 Å². The van der Waals surface area contributed by atoms with Gasteiger partial charge in [-0.2, -0.15) is 8.42 Å². The topological polar surface area (TPSA) is 91.7 Å². The molecule has 0 heterocycles. The highest BCUT2D eigenvalue weighted by Gasteiger charge is 2.17. The normalized spacial score (nSPS) is 17.7. The van der Waals surface area contributed by atoms with Crippen LogP contribution in [0.4, 0.5) is 0 Å². The third-order valence-corrected chi connectivity index (χ3v) is 3.05. The van der Waals surface area contributed by atoms with Gasteiger partial charge in [-0.15, -0.1) is 0 Å². The summed E-state index contributed by atoms with van der Waals surface area (Å²) in [5.41, 5.74) is 0. The van der Waals surface area contributed by atoms with Crippen molar-refractivity contribution in [3.63, 3.8) is 0 Å². The Morgan fingerprint density at radius 1 is 1.55 bits per heavy atom. The van der Waals surface area contributed by atoms with Crippen LogP contribution in [0.25, 0.3) is 0 Å². The molecule has 0 saturated carbocycles. The van der Waals surface area contributed by atoms with Gasteiger partial charge in [0.15, 0.2) is 11.1 Å². The van der Waals surface area contributed by atoms with Gasteiger partial charge in [0, 0.05) is 0 Å². The van der Waals surface area contributed by atoms with Crippen molar-refractivity contribution < 1.29 is 21.7 Å². The average Bonchev–Trinajstić information content (AvgIpc) is 1.80. The van der Waals surface area contributed by atoms with Crippen LogP contribution in [0.3, 0.4) is 0 Å². The lowest BCUT2D eigenvalue weighted by atomic mass is 10.4. The fraction of sp³-hybridized carbons (Fsp3) is 1.00. The van der Waals surface area contributed by atoms with Gasteiger partial charge in [0.1, 0.15) is 0 Å². The number of rotatable bonds is 4. The Balaban J connectivity index is 3.90. The molecule has 0 rings (SSSR count). The van der Waals surface area contributed by atoms with E-state index < -0.39 is 26.4 Å². The van der Waals surface area contributed by atoms with Gasteiger partial charge in [-0.25, -0.2) is 4.21 Å². The van der Waals surface area contributed by atoms with Crippen LogP contribution in [-0.4, -0.2) is 32.7 Å². The largest absolute Gasteiger partial charge is 0.306 e. The van der Waals surface area contributed by atoms with Gasteiger partial charge in [0.05, 0.1) is 11.0 Å². The van der Waals surface area contributed by atoms with Crippen LogP contribution < -0.4 is 0 Å². The van der Waals surface area contributed by atoms with E-state index >= 15 is 0 Å². The maximum Gasteiger partial charge on any atom is 0.267 e. The van der Waals surface area contributed by atoms with Gasteiger partial charge in [-0.1, -0.05) is 0 Å². The first kappa shape index (κ1) is 11.0. The predicted molar refractivity (Wildman–Crippen MR) is 41.3 cm³/mol. The van der Waals surface area contributed by atoms with Crippen LogP contribution in [0.15, 0.2) is 0 Å². The summed E-state index contributed by atoms with van der Waals surface area (Å²) in [5.74, 6) is -0.138. The third kappa shape index (κ3) is 5.31. The summed E-state index contributed by atoms with van der Waals surface area (Å²) < 4.78 is 47.4. The molecular weight excluding hydrogens is 192 g/mol. The predicted octanol–water partition coefficient (Wildman–Crippen LogP) is -0.125. The fourth-order valence-electron chi connectivity index (χ4n) is 0.416. The molecule has 11 heavy (non-hydrogen) atoms. The maximum absolute atomic E-state index is 10.3. The van der Waals surface area contributed by atoms with E-state index in [-0.39, 0.29) is 12.2 Å². The van der Waals surface area contributed by atoms with Crippen LogP contribution in [-0.2, 0) is 21.2 Å². The highest BCUT2D eigenvalue weighted by Crippen LogP contribution is 2.02. The lowest BCUT2D eigenvalue weighted by Crippen LogP contribution is -2.18. The second-order valence-electron chi connectivity index (χ2n) is 2.14. The molecule has 2 N–H and O–H groups in total. The Kier molecular flexibility index (Phi) is 4.16. The molecule has 0 aromatic rings. The molecule has 0 saturated heterocycles. The molecule has 0 aromatic carbocycles. The lowest BCUT2D eigenvalue weighted by Gasteiger charge is -2.04. The Labute approximate surface area is 67.8 Å². The summed E-state index contributed by atoms with van der Waals surface area (Å²) >= 11 is -2.00. The van der Waals surface area contributed by atoms with Gasteiger partial charge in [-0.3, -0.25) is 4.55 Å². The Morgan fingerprint density at radius 2 is 2.00 bits per heavy atom. The van der Waals surface area contributed by atoms with Crippen molar-refractivity contribution in [1.82, 2.24) is 0 Å². The van der Waals surface area contributed by atoms with E-state index in [0.29, 0.717) is 0 Å². The summed E-state index contributed by atoms with van der Waals surface area (Å²) in [6, 6.07) is 0. The summed E-state index contributed by atoms with van der Waals surface area (Å²) in [6.45, 7) is 1.28. The van der Waals surface area contributed by atoms with Crippen molar-refractivity contribution in [3.05, 3.63) is 0 Å². The van der Waals surface area contributed by atoms with Gasteiger partial charge < -0.3 is 4.55 Å². The number of hydrogen-bond donors (Lipinski definition) is 2. The zero-order valence-corrected chi connectivity index (χ0v) is 7.56. The quantitative estimate of drug-likeness (QED) is 0.489. The molecule has 0 aromatic heterocycles. The van der Waals surface area contributed by atoms with Gasteiger partial charge >= 0.3 is 0 Å². The van der Waals surface area contributed by atoms with Gasteiger partial charge in [-0.05, 0) is 13.3 Å². The summed E-state index contributed by atoms with van der Waals surface area (Å²) in [6.07, 6.45) is -0.0120. The van der Waals surface area contributed by atoms with E-state index in [1.165, 1.54) is 6.92 Å². The first-order chi connectivity index (χ1) is 4.84. The fourth-order valence-corrected chi connectivity index (χ4v) is 1.54. The van der Waals surface area contributed by atoms with Crippen molar-refractivity contribution in [2.45, 2.75) is 18.6 Å². The highest BCUT2D eigenvalue weighted by atomic mass is 32.2. The monoisotopic (exact) mass is 202 g/mol. The van der Waals surface area contributed by atoms with E-state index in [1.807, 2.05) is 0 Å². The molecule has 5 nitrogen and oxygen atoms in total. The van der Waals surface area contributed by atoms with Crippen LogP contribution >= 0.6 is 0 Å². The van der Waals surface area contributed by atoms with Gasteiger partial charge in [0.2, 0.25) is 0 Å². The highest BCUT2D eigenvalue weighted by molar-refractivity contribution is 7.86. The first-order valence-corrected chi connectivity index (χ1v) is 5.65. The molecule has 2 atom stereocenters. The van der Waals surface area contributed by atoms with E-state index in [2.05, 4.69) is 0 Å². The molecule has 2 unspecified atom stereocenters. The molecule has 0 spiro atoms. The van der Waals surface area contributed by atoms with Crippen molar-refractivity contribution in [3.8, 4) is 0 Å². The molecule has 7 heteroatoms. The van der Waals surface area contributed by atoms with Crippen molar-refractivity contribution in [2.24, 2.45) is 0 Å². The lowest BCUT2D eigenvalue weighted by molar-refractivity contribution is 0.468. The zero-order chi connectivity index (χ0) is 9.07. The molecular formula is C4H10O5S2. The minimum atomic E-state index is -4.04. The first-order valence-electron chi connectivity index (χ1n) is 2.88. The SMILES string of the molecule is CC(CCS(=O)O)S(=O)(=O)O. The third-order valence-electron chi connectivity index (χ3n) is 1.21. The smallest absolute Gasteiger partial charge is 0.267 e. The van der Waals surface area contributed by atoms with E-state index in [9.17, 15) is 12.6 Å². The van der Waals surface area contributed by atoms with Crippen LogP contribution in [0, 0.1) is 0 Å². The second-order valence-corrected chi connectivity index (χ2v) is 5.03. The molecule has 68 valence electrons. The Hall–Kier alpha value is 0.0200. The molecule has 0 amide bonds. The van der Waals surface area contributed by atoms with E-state index in [4.69, 9.17) is 9.11 Å². The van der Waals surface area contributed by atoms with Crippen LogP contribution in [0.1, 0.15) is 13.3 Å². The Bertz CT molecular complexity index is 231. The molecule has 0 aliphatic heterocycles. The molecule has 0 aliphatic rings. The minimum Gasteiger partial charge on any atom is -0.306 e. The summed E-state index contributed by atoms with van der Waals surface area (Å²) in [7, 11) is -4.04. The minimum absolute atomic E-state index is 0.0120. The zero-order valence-electron chi connectivity index (χ0n) is 5.93. The van der Waals surface area contributed by atoms with Crippen molar-refractivity contribution in [1.29, 1.82) is 0 Å². The van der Waals surface area contributed by atoms with Crippen molar-refractivity contribution in [2.75, 3.05) is 5.75 Å². The summed E-state index contributed by atoms with van der Waals surface area (Å²) in [5, 5.41) is -0.974. The van der Waals surface area contributed by atoms with E-state index in [0.717, 1.165) is 0 Å². The maximum atomic E-state index is 10.3. The molecule has 0 fully saturated rings. The molecule has 0 aliphatic carbocycles.